The number of morpholine rings is 1. The lowest BCUT2D eigenvalue weighted by atomic mass is 10.0. The fourth-order valence-corrected chi connectivity index (χ4v) is 4.14. The number of halogens is 2. The molecule has 5 nitrogen and oxygen atoms in total. The maximum Gasteiger partial charge on any atom is 0.191 e. The highest BCUT2D eigenvalue weighted by Crippen LogP contribution is 2.22. The van der Waals surface area contributed by atoms with Crippen LogP contribution < -0.4 is 10.6 Å². The molecule has 160 valence electrons. The highest BCUT2D eigenvalue weighted by Gasteiger charge is 2.23. The van der Waals surface area contributed by atoms with Crippen molar-refractivity contribution in [2.75, 3.05) is 39.4 Å². The predicted molar refractivity (Wildman–Crippen MR) is 129 cm³/mol. The smallest absolute Gasteiger partial charge is 0.191 e. The summed E-state index contributed by atoms with van der Waals surface area (Å²) in [6.07, 6.45) is 0. The average molecular weight is 532 g/mol. The van der Waals surface area contributed by atoms with Crippen molar-refractivity contribution in [3.05, 3.63) is 57.5 Å². The third-order valence-corrected chi connectivity index (χ3v) is 5.70. The number of aryl methyl sites for hydroxylation is 1. The molecule has 1 unspecified atom stereocenters. The van der Waals surface area contributed by atoms with Crippen LogP contribution in [0.25, 0.3) is 0 Å². The number of aliphatic imine (C=N–C) groups is 1. The van der Waals surface area contributed by atoms with Crippen LogP contribution in [0.1, 0.15) is 28.3 Å². The Labute approximate surface area is 193 Å². The molecule has 1 fully saturated rings. The fourth-order valence-electron chi connectivity index (χ4n) is 3.32. The van der Waals surface area contributed by atoms with Crippen LogP contribution in [-0.4, -0.2) is 50.3 Å². The molecular weight excluding hydrogens is 502 g/mol. The van der Waals surface area contributed by atoms with Gasteiger partial charge in [-0.1, -0.05) is 12.1 Å². The van der Waals surface area contributed by atoms with Crippen molar-refractivity contribution >= 4 is 41.3 Å². The molecule has 2 N–H and O–H groups in total. The summed E-state index contributed by atoms with van der Waals surface area (Å²) >= 11 is 1.77. The number of thiophene rings is 1. The van der Waals surface area contributed by atoms with E-state index in [0.29, 0.717) is 26.3 Å². The van der Waals surface area contributed by atoms with E-state index in [9.17, 15) is 4.39 Å². The second kappa shape index (κ2) is 12.5. The lowest BCUT2D eigenvalue weighted by molar-refractivity contribution is 0.0169. The first kappa shape index (κ1) is 24.0. The van der Waals surface area contributed by atoms with Crippen LogP contribution >= 0.6 is 35.3 Å². The molecule has 0 radical (unpaired) electrons. The summed E-state index contributed by atoms with van der Waals surface area (Å²) in [5, 5.41) is 6.76. The molecule has 0 amide bonds. The van der Waals surface area contributed by atoms with Gasteiger partial charge in [-0.3, -0.25) is 4.90 Å². The van der Waals surface area contributed by atoms with Gasteiger partial charge < -0.3 is 15.4 Å². The Bertz CT molecular complexity index is 780. The zero-order valence-corrected chi connectivity index (χ0v) is 20.1. The van der Waals surface area contributed by atoms with Gasteiger partial charge in [0.25, 0.3) is 0 Å². The maximum absolute atomic E-state index is 13.8. The lowest BCUT2D eigenvalue weighted by Crippen LogP contribution is -2.46. The summed E-state index contributed by atoms with van der Waals surface area (Å²) in [6, 6.07) is 11.2. The Balaban J connectivity index is 0.00000300. The molecule has 1 aliphatic heterocycles. The van der Waals surface area contributed by atoms with Crippen LogP contribution in [0.3, 0.4) is 0 Å². The number of hydrogen-bond donors (Lipinski definition) is 2. The molecule has 1 aromatic carbocycles. The first-order valence-electron chi connectivity index (χ1n) is 9.80. The maximum atomic E-state index is 13.8. The molecule has 1 saturated heterocycles. The van der Waals surface area contributed by atoms with Crippen molar-refractivity contribution in [2.24, 2.45) is 4.99 Å². The van der Waals surface area contributed by atoms with E-state index < -0.39 is 0 Å². The summed E-state index contributed by atoms with van der Waals surface area (Å²) < 4.78 is 19.3. The molecule has 0 spiro atoms. The fraction of sp³-hybridized carbons (Fsp3) is 0.476. The van der Waals surface area contributed by atoms with Crippen LogP contribution in [0.2, 0.25) is 0 Å². The zero-order valence-electron chi connectivity index (χ0n) is 17.0. The van der Waals surface area contributed by atoms with Gasteiger partial charge in [-0.15, -0.1) is 35.3 Å². The van der Waals surface area contributed by atoms with Gasteiger partial charge in [-0.2, -0.15) is 0 Å². The van der Waals surface area contributed by atoms with Crippen LogP contribution in [0.4, 0.5) is 4.39 Å². The van der Waals surface area contributed by atoms with E-state index in [1.807, 2.05) is 6.07 Å². The Morgan fingerprint density at radius 1 is 1.24 bits per heavy atom. The van der Waals surface area contributed by atoms with Crippen molar-refractivity contribution in [1.82, 2.24) is 15.5 Å². The summed E-state index contributed by atoms with van der Waals surface area (Å²) in [5.74, 6) is 0.576. The molecule has 3 rings (SSSR count). The number of rotatable bonds is 7. The third kappa shape index (κ3) is 7.51. The zero-order chi connectivity index (χ0) is 19.8. The van der Waals surface area contributed by atoms with Gasteiger partial charge in [0.15, 0.2) is 5.96 Å². The first-order valence-corrected chi connectivity index (χ1v) is 10.6. The van der Waals surface area contributed by atoms with Gasteiger partial charge in [-0.05, 0) is 43.7 Å². The second-order valence-corrected chi connectivity index (χ2v) is 8.18. The van der Waals surface area contributed by atoms with Crippen molar-refractivity contribution in [3.8, 4) is 0 Å². The van der Waals surface area contributed by atoms with Crippen molar-refractivity contribution in [2.45, 2.75) is 26.4 Å². The Morgan fingerprint density at radius 2 is 2.03 bits per heavy atom. The van der Waals surface area contributed by atoms with Crippen molar-refractivity contribution in [3.63, 3.8) is 0 Å². The van der Waals surface area contributed by atoms with Crippen molar-refractivity contribution < 1.29 is 9.13 Å². The van der Waals surface area contributed by atoms with Crippen LogP contribution in [0, 0.1) is 12.7 Å². The summed E-state index contributed by atoms with van der Waals surface area (Å²) in [7, 11) is 0. The number of hydrogen-bond acceptors (Lipinski definition) is 4. The molecular formula is C21H30FIN4OS. The standard InChI is InChI=1S/C21H29FN4OS.HI/c1-3-23-21(24-14-19-8-7-16(2)28-19)25-15-20(26-9-11-27-12-10-26)17-5-4-6-18(22)13-17;/h4-8,13,20H,3,9-12,14-15H2,1-2H3,(H2,23,24,25);1H. The molecule has 2 aromatic rings. The molecule has 0 aliphatic carbocycles. The number of guanidine groups is 1. The molecule has 1 atom stereocenters. The molecule has 29 heavy (non-hydrogen) atoms. The van der Waals surface area contributed by atoms with E-state index in [2.05, 4.69) is 41.5 Å². The van der Waals surface area contributed by atoms with Gasteiger partial charge in [-0.25, -0.2) is 9.38 Å². The van der Waals surface area contributed by atoms with E-state index in [1.54, 1.807) is 23.5 Å². The van der Waals surface area contributed by atoms with Crippen LogP contribution in [-0.2, 0) is 11.3 Å². The molecule has 1 aliphatic rings. The van der Waals surface area contributed by atoms with E-state index in [1.165, 1.54) is 15.8 Å². The summed E-state index contributed by atoms with van der Waals surface area (Å²) in [4.78, 5) is 9.59. The van der Waals surface area contributed by atoms with Gasteiger partial charge in [0.2, 0.25) is 0 Å². The van der Waals surface area contributed by atoms with Crippen LogP contribution in [0.5, 0.6) is 0 Å². The summed E-state index contributed by atoms with van der Waals surface area (Å²) in [5.41, 5.74) is 0.971. The predicted octanol–water partition coefficient (Wildman–Crippen LogP) is 3.94. The second-order valence-electron chi connectivity index (χ2n) is 6.81. The van der Waals surface area contributed by atoms with Gasteiger partial charge in [0.1, 0.15) is 5.82 Å². The molecule has 8 heteroatoms. The normalized spacial score (nSPS) is 16.2. The minimum Gasteiger partial charge on any atom is -0.379 e. The Kier molecular flexibility index (Phi) is 10.3. The largest absolute Gasteiger partial charge is 0.379 e. The monoisotopic (exact) mass is 532 g/mol. The first-order chi connectivity index (χ1) is 13.7. The molecule has 1 aromatic heterocycles. The highest BCUT2D eigenvalue weighted by atomic mass is 127. The molecule has 0 saturated carbocycles. The highest BCUT2D eigenvalue weighted by molar-refractivity contribution is 14.0. The van der Waals surface area contributed by atoms with E-state index in [0.717, 1.165) is 31.2 Å². The Morgan fingerprint density at radius 3 is 2.69 bits per heavy atom. The van der Waals surface area contributed by atoms with Gasteiger partial charge in [0.05, 0.1) is 25.8 Å². The minimum atomic E-state index is -0.204. The number of nitrogens with one attached hydrogen (secondary N) is 2. The topological polar surface area (TPSA) is 48.9 Å². The quantitative estimate of drug-likeness (QED) is 0.322. The lowest BCUT2D eigenvalue weighted by Gasteiger charge is -2.35. The van der Waals surface area contributed by atoms with E-state index in [-0.39, 0.29) is 35.8 Å². The molecule has 2 heterocycles. The summed E-state index contributed by atoms with van der Waals surface area (Å²) in [6.45, 7) is 9.34. The SMILES string of the molecule is CCNC(=NCc1ccc(C)s1)NCC(c1cccc(F)c1)N1CCOCC1.I. The average Bonchev–Trinajstić information content (AvgIpc) is 3.12. The number of ether oxygens (including phenoxy) is 1. The third-order valence-electron chi connectivity index (χ3n) is 4.72. The van der Waals surface area contributed by atoms with Gasteiger partial charge in [0, 0.05) is 35.9 Å². The van der Waals surface area contributed by atoms with Crippen molar-refractivity contribution in [1.29, 1.82) is 0 Å². The minimum absolute atomic E-state index is 0. The number of nitrogens with zero attached hydrogens (tertiary/aromatic N) is 2. The van der Waals surface area contributed by atoms with Gasteiger partial charge >= 0.3 is 0 Å². The van der Waals surface area contributed by atoms with E-state index in [4.69, 9.17) is 9.73 Å². The number of benzene rings is 1. The Hall–Kier alpha value is -1.23. The molecule has 0 bridgehead atoms. The van der Waals surface area contributed by atoms with E-state index >= 15 is 0 Å². The van der Waals surface area contributed by atoms with Crippen LogP contribution in [0.15, 0.2) is 41.4 Å².